The lowest BCUT2D eigenvalue weighted by Gasteiger charge is -2.18. The summed E-state index contributed by atoms with van der Waals surface area (Å²) in [5.41, 5.74) is -0.384. The highest BCUT2D eigenvalue weighted by molar-refractivity contribution is 7.91. The molecule has 0 N–H and O–H groups in total. The highest BCUT2D eigenvalue weighted by atomic mass is 32.2. The molecule has 0 radical (unpaired) electrons. The smallest absolute Gasteiger partial charge is 0.150 e. The maximum Gasteiger partial charge on any atom is 0.150 e. The molecule has 1 rings (SSSR count). The Balaban J connectivity index is 2.56. The van der Waals surface area contributed by atoms with E-state index in [1.807, 2.05) is 13.8 Å². The molecule has 1 aliphatic heterocycles. The van der Waals surface area contributed by atoms with Crippen LogP contribution in [0.1, 0.15) is 26.7 Å². The minimum absolute atomic E-state index is 0.194. The molecule has 0 spiro atoms. The second-order valence-corrected chi connectivity index (χ2v) is 6.70. The Labute approximate surface area is 79.7 Å². The molecular formula is C9H15NO2S. The largest absolute Gasteiger partial charge is 0.229 e. The maximum atomic E-state index is 11.1. The molecule has 0 bridgehead atoms. The monoisotopic (exact) mass is 201 g/mol. The molecule has 4 heteroatoms. The summed E-state index contributed by atoms with van der Waals surface area (Å²) in [6.07, 6.45) is 1.43. The Kier molecular flexibility index (Phi) is 2.67. The number of hydrogen-bond acceptors (Lipinski definition) is 3. The average molecular weight is 201 g/mol. The number of sulfone groups is 1. The lowest BCUT2D eigenvalue weighted by molar-refractivity contribution is 0.363. The van der Waals surface area contributed by atoms with Gasteiger partial charge < -0.3 is 0 Å². The van der Waals surface area contributed by atoms with Crippen LogP contribution in [-0.4, -0.2) is 19.9 Å². The first-order valence-corrected chi connectivity index (χ1v) is 6.28. The van der Waals surface area contributed by atoms with Crippen LogP contribution in [0.5, 0.6) is 0 Å². The lowest BCUT2D eigenvalue weighted by Crippen LogP contribution is -2.16. The summed E-state index contributed by atoms with van der Waals surface area (Å²) < 4.78 is 22.3. The SMILES string of the molecule is CC(C)(C#N)CC1CCS(=O)(=O)C1. The fourth-order valence-electron chi connectivity index (χ4n) is 1.80. The second-order valence-electron chi connectivity index (χ2n) is 4.47. The Morgan fingerprint density at radius 1 is 1.54 bits per heavy atom. The molecule has 0 amide bonds. The van der Waals surface area contributed by atoms with Gasteiger partial charge in [-0.15, -0.1) is 0 Å². The van der Waals surface area contributed by atoms with Gasteiger partial charge in [-0.1, -0.05) is 0 Å². The van der Waals surface area contributed by atoms with Crippen molar-refractivity contribution >= 4 is 9.84 Å². The summed E-state index contributed by atoms with van der Waals surface area (Å²) in [6.45, 7) is 3.72. The van der Waals surface area contributed by atoms with Crippen molar-refractivity contribution in [1.82, 2.24) is 0 Å². The third-order valence-electron chi connectivity index (χ3n) is 2.43. The maximum absolute atomic E-state index is 11.1. The summed E-state index contributed by atoms with van der Waals surface area (Å²) in [7, 11) is -2.79. The molecule has 3 nitrogen and oxygen atoms in total. The fourth-order valence-corrected chi connectivity index (χ4v) is 3.66. The van der Waals surface area contributed by atoms with Gasteiger partial charge in [-0.25, -0.2) is 8.42 Å². The Hall–Kier alpha value is -0.560. The highest BCUT2D eigenvalue weighted by Gasteiger charge is 2.32. The van der Waals surface area contributed by atoms with Crippen LogP contribution in [0.25, 0.3) is 0 Å². The molecule has 1 atom stereocenters. The second kappa shape index (κ2) is 3.30. The van der Waals surface area contributed by atoms with Crippen molar-refractivity contribution in [3.63, 3.8) is 0 Å². The van der Waals surface area contributed by atoms with Crippen LogP contribution >= 0.6 is 0 Å². The quantitative estimate of drug-likeness (QED) is 0.677. The fraction of sp³-hybridized carbons (Fsp3) is 0.889. The molecule has 1 fully saturated rings. The Morgan fingerprint density at radius 2 is 2.15 bits per heavy atom. The van der Waals surface area contributed by atoms with Crippen molar-refractivity contribution in [3.05, 3.63) is 0 Å². The minimum Gasteiger partial charge on any atom is -0.229 e. The third-order valence-corrected chi connectivity index (χ3v) is 4.27. The predicted octanol–water partition coefficient (Wildman–Crippen LogP) is 1.36. The van der Waals surface area contributed by atoms with Crippen molar-refractivity contribution in [3.8, 4) is 6.07 Å². The standard InChI is InChI=1S/C9H15NO2S/c1-9(2,7-10)5-8-3-4-13(11,12)6-8/h8H,3-6H2,1-2H3. The van der Waals surface area contributed by atoms with Crippen LogP contribution in [0.3, 0.4) is 0 Å². The molecule has 0 aromatic carbocycles. The van der Waals surface area contributed by atoms with Crippen molar-refractivity contribution in [2.24, 2.45) is 11.3 Å². The number of nitriles is 1. The van der Waals surface area contributed by atoms with Crippen LogP contribution in [0.4, 0.5) is 0 Å². The van der Waals surface area contributed by atoms with E-state index in [0.717, 1.165) is 6.42 Å². The van der Waals surface area contributed by atoms with Gasteiger partial charge in [0, 0.05) is 0 Å². The molecule has 1 heterocycles. The van der Waals surface area contributed by atoms with Gasteiger partial charge in [-0.2, -0.15) is 5.26 Å². The van der Waals surface area contributed by atoms with Crippen LogP contribution < -0.4 is 0 Å². The number of hydrogen-bond donors (Lipinski definition) is 0. The molecular weight excluding hydrogens is 186 g/mol. The van der Waals surface area contributed by atoms with Gasteiger partial charge in [0.15, 0.2) is 9.84 Å². The molecule has 1 unspecified atom stereocenters. The minimum atomic E-state index is -2.79. The van der Waals surface area contributed by atoms with Crippen LogP contribution in [0.2, 0.25) is 0 Å². The highest BCUT2D eigenvalue weighted by Crippen LogP contribution is 2.31. The molecule has 13 heavy (non-hydrogen) atoms. The summed E-state index contributed by atoms with van der Waals surface area (Å²) in [6, 6.07) is 2.20. The van der Waals surface area contributed by atoms with Crippen molar-refractivity contribution < 1.29 is 8.42 Å². The normalized spacial score (nSPS) is 27.0. The first-order chi connectivity index (χ1) is 5.85. The van der Waals surface area contributed by atoms with Crippen molar-refractivity contribution in [1.29, 1.82) is 5.26 Å². The van der Waals surface area contributed by atoms with Crippen molar-refractivity contribution in [2.75, 3.05) is 11.5 Å². The lowest BCUT2D eigenvalue weighted by atomic mass is 9.84. The Morgan fingerprint density at radius 3 is 2.54 bits per heavy atom. The van der Waals surface area contributed by atoms with Gasteiger partial charge >= 0.3 is 0 Å². The zero-order valence-electron chi connectivity index (χ0n) is 8.08. The number of rotatable bonds is 2. The molecule has 0 aromatic rings. The van der Waals surface area contributed by atoms with Crippen molar-refractivity contribution in [2.45, 2.75) is 26.7 Å². The molecule has 1 aliphatic rings. The zero-order chi connectivity index (χ0) is 10.1. The van der Waals surface area contributed by atoms with Crippen LogP contribution in [-0.2, 0) is 9.84 Å². The molecule has 0 saturated carbocycles. The van der Waals surface area contributed by atoms with E-state index in [1.54, 1.807) is 0 Å². The summed E-state index contributed by atoms with van der Waals surface area (Å²) in [4.78, 5) is 0. The average Bonchev–Trinajstić information content (AvgIpc) is 2.29. The molecule has 0 aromatic heterocycles. The van der Waals surface area contributed by atoms with E-state index in [2.05, 4.69) is 6.07 Å². The van der Waals surface area contributed by atoms with Gasteiger partial charge in [-0.05, 0) is 32.6 Å². The van der Waals surface area contributed by atoms with E-state index in [1.165, 1.54) is 0 Å². The van der Waals surface area contributed by atoms with Crippen LogP contribution in [0, 0.1) is 22.7 Å². The van der Waals surface area contributed by atoms with E-state index in [4.69, 9.17) is 5.26 Å². The molecule has 1 saturated heterocycles. The van der Waals surface area contributed by atoms with Gasteiger partial charge in [0.1, 0.15) is 0 Å². The topological polar surface area (TPSA) is 57.9 Å². The summed E-state index contributed by atoms with van der Waals surface area (Å²) in [5.74, 6) is 0.775. The summed E-state index contributed by atoms with van der Waals surface area (Å²) >= 11 is 0. The van der Waals surface area contributed by atoms with E-state index in [-0.39, 0.29) is 17.1 Å². The van der Waals surface area contributed by atoms with E-state index < -0.39 is 9.84 Å². The van der Waals surface area contributed by atoms with E-state index in [0.29, 0.717) is 12.2 Å². The van der Waals surface area contributed by atoms with Gasteiger partial charge in [-0.3, -0.25) is 0 Å². The Bertz CT molecular complexity index is 324. The zero-order valence-corrected chi connectivity index (χ0v) is 8.89. The first kappa shape index (κ1) is 10.5. The van der Waals surface area contributed by atoms with Gasteiger partial charge in [0.25, 0.3) is 0 Å². The van der Waals surface area contributed by atoms with E-state index >= 15 is 0 Å². The van der Waals surface area contributed by atoms with Gasteiger partial charge in [0.2, 0.25) is 0 Å². The van der Waals surface area contributed by atoms with E-state index in [9.17, 15) is 8.42 Å². The molecule has 74 valence electrons. The predicted molar refractivity (Wildman–Crippen MR) is 50.8 cm³/mol. The first-order valence-electron chi connectivity index (χ1n) is 4.46. The van der Waals surface area contributed by atoms with Crippen LogP contribution in [0.15, 0.2) is 0 Å². The van der Waals surface area contributed by atoms with Gasteiger partial charge in [0.05, 0.1) is 23.0 Å². The number of nitrogens with zero attached hydrogens (tertiary/aromatic N) is 1. The third kappa shape index (κ3) is 3.00. The summed E-state index contributed by atoms with van der Waals surface area (Å²) in [5, 5.41) is 8.79. The molecule has 0 aliphatic carbocycles.